The van der Waals surface area contributed by atoms with Gasteiger partial charge >= 0.3 is 6.30 Å². The molecule has 0 unspecified atom stereocenters. The van der Waals surface area contributed by atoms with E-state index in [9.17, 15) is 13.2 Å². The van der Waals surface area contributed by atoms with Crippen LogP contribution < -0.4 is 0 Å². The highest BCUT2D eigenvalue weighted by Gasteiger charge is 2.33. The number of rotatable bonds is 0. The molecule has 1 aromatic heterocycles. The van der Waals surface area contributed by atoms with E-state index in [-0.39, 0.29) is 21.3 Å². The first-order valence-electron chi connectivity index (χ1n) is 3.72. The molecule has 6 heteroatoms. The summed E-state index contributed by atoms with van der Waals surface area (Å²) in [7, 11) is 0. The zero-order chi connectivity index (χ0) is 10.3. The third kappa shape index (κ3) is 1.28. The Labute approximate surface area is 76.4 Å². The van der Waals surface area contributed by atoms with Gasteiger partial charge in [0.05, 0.1) is 11.7 Å². The number of nitrogens with zero attached hydrogens (tertiary/aromatic N) is 2. The molecule has 1 N–H and O–H groups in total. The van der Waals surface area contributed by atoms with Crippen LogP contribution >= 0.6 is 0 Å². The molecule has 0 fully saturated rings. The second kappa shape index (κ2) is 2.63. The van der Waals surface area contributed by atoms with E-state index >= 15 is 0 Å². The minimum absolute atomic E-state index is 0.0399. The monoisotopic (exact) mass is 202 g/mol. The zero-order valence-corrected chi connectivity index (χ0v) is 6.78. The second-order valence-corrected chi connectivity index (χ2v) is 2.77. The van der Waals surface area contributed by atoms with E-state index in [0.717, 1.165) is 6.20 Å². The summed E-state index contributed by atoms with van der Waals surface area (Å²) in [6, 6.07) is 3.59. The number of phenolic OH excluding ortho intramolecular Hbond substituents is 1. The Kier molecular flexibility index (Phi) is 1.67. The Balaban J connectivity index is 2.70. The lowest BCUT2D eigenvalue weighted by Gasteiger charge is -2.06. The molecule has 0 spiro atoms. The number of halogens is 3. The molecule has 1 aromatic carbocycles. The molecular formula is C8H5F3N2O. The van der Waals surface area contributed by atoms with Crippen LogP contribution in [-0.4, -0.2) is 14.9 Å². The first kappa shape index (κ1) is 8.86. The lowest BCUT2D eigenvalue weighted by molar-refractivity contribution is -0.209. The van der Waals surface area contributed by atoms with Crippen LogP contribution in [0.4, 0.5) is 13.2 Å². The molecule has 0 radical (unpaired) electrons. The van der Waals surface area contributed by atoms with Crippen molar-refractivity contribution in [2.24, 2.45) is 0 Å². The van der Waals surface area contributed by atoms with Crippen molar-refractivity contribution in [1.29, 1.82) is 0 Å². The molecule has 0 aliphatic rings. The fraction of sp³-hybridized carbons (Fsp3) is 0.125. The quantitative estimate of drug-likeness (QED) is 0.711. The number of benzene rings is 1. The minimum Gasteiger partial charge on any atom is -0.508 e. The highest BCUT2D eigenvalue weighted by molar-refractivity contribution is 5.80. The highest BCUT2D eigenvalue weighted by Crippen LogP contribution is 2.28. The van der Waals surface area contributed by atoms with E-state index in [4.69, 9.17) is 5.11 Å². The zero-order valence-electron chi connectivity index (χ0n) is 6.78. The number of aromatic hydroxyl groups is 1. The molecule has 1 heterocycles. The van der Waals surface area contributed by atoms with E-state index < -0.39 is 6.30 Å². The van der Waals surface area contributed by atoms with Gasteiger partial charge in [-0.3, -0.25) is 0 Å². The fourth-order valence-corrected chi connectivity index (χ4v) is 1.22. The smallest absolute Gasteiger partial charge is 0.505 e. The average molecular weight is 202 g/mol. The number of phenols is 1. The first-order chi connectivity index (χ1) is 6.48. The summed E-state index contributed by atoms with van der Waals surface area (Å²) in [5.74, 6) is -0.0841. The Hall–Kier alpha value is -1.72. The highest BCUT2D eigenvalue weighted by atomic mass is 19.4. The molecule has 0 aliphatic carbocycles. The molecule has 14 heavy (non-hydrogen) atoms. The molecule has 0 amide bonds. The van der Waals surface area contributed by atoms with Crippen LogP contribution in [0.3, 0.4) is 0 Å². The van der Waals surface area contributed by atoms with Gasteiger partial charge in [0.15, 0.2) is 0 Å². The number of hydrogen-bond acceptors (Lipinski definition) is 2. The van der Waals surface area contributed by atoms with Crippen LogP contribution in [0.5, 0.6) is 5.75 Å². The van der Waals surface area contributed by atoms with Crippen LogP contribution in [0, 0.1) is 0 Å². The molecule has 2 aromatic rings. The first-order valence-corrected chi connectivity index (χ1v) is 3.72. The summed E-state index contributed by atoms with van der Waals surface area (Å²) in [6.07, 6.45) is -3.47. The molecule has 2 rings (SSSR count). The molecule has 3 nitrogen and oxygen atoms in total. The molecule has 0 saturated heterocycles. The standard InChI is InChI=1S/C8H5F3N2O/c9-8(10,11)13-7-2-1-6(14)3-5(7)4-12-13/h1-4,14H. The van der Waals surface area contributed by atoms with Gasteiger partial charge in [0.2, 0.25) is 0 Å². The Bertz CT molecular complexity index is 475. The summed E-state index contributed by atoms with van der Waals surface area (Å²) >= 11 is 0. The molecule has 74 valence electrons. The van der Waals surface area contributed by atoms with Crippen molar-refractivity contribution in [3.05, 3.63) is 24.4 Å². The van der Waals surface area contributed by atoms with Gasteiger partial charge in [0.1, 0.15) is 5.75 Å². The lowest BCUT2D eigenvalue weighted by atomic mass is 10.2. The number of fused-ring (bicyclic) bond motifs is 1. The van der Waals surface area contributed by atoms with Crippen molar-refractivity contribution in [1.82, 2.24) is 9.78 Å². The summed E-state index contributed by atoms with van der Waals surface area (Å²) in [5, 5.41) is 12.5. The van der Waals surface area contributed by atoms with Gasteiger partial charge in [-0.2, -0.15) is 9.78 Å². The number of alkyl halides is 3. The second-order valence-electron chi connectivity index (χ2n) is 2.77. The summed E-state index contributed by atoms with van der Waals surface area (Å²) in [4.78, 5) is 0. The third-order valence-electron chi connectivity index (χ3n) is 1.79. The third-order valence-corrected chi connectivity index (χ3v) is 1.79. The normalized spacial score (nSPS) is 12.2. The van der Waals surface area contributed by atoms with Crippen LogP contribution in [0.15, 0.2) is 24.4 Å². The van der Waals surface area contributed by atoms with Gasteiger partial charge in [-0.05, 0) is 18.2 Å². The van der Waals surface area contributed by atoms with Crippen LogP contribution in [0.2, 0.25) is 0 Å². The molecule has 0 saturated carbocycles. The maximum absolute atomic E-state index is 12.3. The predicted octanol–water partition coefficient (Wildman–Crippen LogP) is 2.22. The SMILES string of the molecule is Oc1ccc2c(cnn2C(F)(F)F)c1. The summed E-state index contributed by atoms with van der Waals surface area (Å²) in [6.45, 7) is 0. The van der Waals surface area contributed by atoms with E-state index in [1.807, 2.05) is 0 Å². The van der Waals surface area contributed by atoms with Crippen LogP contribution in [-0.2, 0) is 6.30 Å². The molecule has 0 atom stereocenters. The maximum Gasteiger partial charge on any atom is 0.505 e. The molecular weight excluding hydrogens is 197 g/mol. The van der Waals surface area contributed by atoms with Crippen molar-refractivity contribution >= 4 is 10.9 Å². The van der Waals surface area contributed by atoms with Gasteiger partial charge in [0, 0.05) is 5.39 Å². The van der Waals surface area contributed by atoms with E-state index in [1.54, 1.807) is 0 Å². The van der Waals surface area contributed by atoms with Crippen molar-refractivity contribution in [2.45, 2.75) is 6.30 Å². The largest absolute Gasteiger partial charge is 0.508 e. The Morgan fingerprint density at radius 3 is 2.64 bits per heavy atom. The van der Waals surface area contributed by atoms with Crippen LogP contribution in [0.1, 0.15) is 0 Å². The number of hydrogen-bond donors (Lipinski definition) is 1. The minimum atomic E-state index is -4.53. The van der Waals surface area contributed by atoms with Crippen molar-refractivity contribution < 1.29 is 18.3 Å². The van der Waals surface area contributed by atoms with Crippen molar-refractivity contribution in [2.75, 3.05) is 0 Å². The van der Waals surface area contributed by atoms with Crippen molar-refractivity contribution in [3.63, 3.8) is 0 Å². The number of aromatic nitrogens is 2. The fourth-order valence-electron chi connectivity index (χ4n) is 1.22. The van der Waals surface area contributed by atoms with E-state index in [2.05, 4.69) is 5.10 Å². The predicted molar refractivity (Wildman–Crippen MR) is 42.7 cm³/mol. The van der Waals surface area contributed by atoms with Gasteiger partial charge in [-0.1, -0.05) is 0 Å². The van der Waals surface area contributed by atoms with Gasteiger partial charge < -0.3 is 5.11 Å². The summed E-state index contributed by atoms with van der Waals surface area (Å²) in [5.41, 5.74) is -0.0738. The van der Waals surface area contributed by atoms with Crippen molar-refractivity contribution in [3.8, 4) is 5.75 Å². The average Bonchev–Trinajstić information content (AvgIpc) is 2.45. The lowest BCUT2D eigenvalue weighted by Crippen LogP contribution is -2.17. The molecule has 0 aliphatic heterocycles. The Morgan fingerprint density at radius 1 is 1.29 bits per heavy atom. The maximum atomic E-state index is 12.3. The van der Waals surface area contributed by atoms with Gasteiger partial charge in [-0.25, -0.2) is 0 Å². The Morgan fingerprint density at radius 2 is 2.00 bits per heavy atom. The topological polar surface area (TPSA) is 38.1 Å². The van der Waals surface area contributed by atoms with Crippen LogP contribution in [0.25, 0.3) is 10.9 Å². The molecule has 0 bridgehead atoms. The van der Waals surface area contributed by atoms with E-state index in [1.165, 1.54) is 18.2 Å². The van der Waals surface area contributed by atoms with Gasteiger partial charge in [-0.15, -0.1) is 13.2 Å². The van der Waals surface area contributed by atoms with E-state index in [0.29, 0.717) is 0 Å². The summed E-state index contributed by atoms with van der Waals surface area (Å²) < 4.78 is 36.8. The van der Waals surface area contributed by atoms with Gasteiger partial charge in [0.25, 0.3) is 0 Å².